The first-order valence-electron chi connectivity index (χ1n) is 10.3. The van der Waals surface area contributed by atoms with E-state index >= 15 is 0 Å². The van der Waals surface area contributed by atoms with E-state index < -0.39 is 17.7 Å². The number of aliphatic hydroxyl groups excluding tert-OH is 1. The number of carbonyl (C=O) groups is 2. The standard InChI is InChI=1S/C24H23N3O4S/c1-4-12-31-18-7-5-6-17(13-18)20-19(21(28)16-10-8-14(2)9-11-16)22(29)23(30)27(20)24-26-25-15(3)32-24/h5-11,13,20,28H,4,12H2,1-3H3/b21-19+. The zero-order valence-corrected chi connectivity index (χ0v) is 18.8. The van der Waals surface area contributed by atoms with Gasteiger partial charge in [0.1, 0.15) is 16.5 Å². The molecule has 7 nitrogen and oxygen atoms in total. The Morgan fingerprint density at radius 3 is 2.53 bits per heavy atom. The van der Waals surface area contributed by atoms with Gasteiger partial charge in [0.15, 0.2) is 0 Å². The van der Waals surface area contributed by atoms with Crippen molar-refractivity contribution < 1.29 is 19.4 Å². The molecule has 2 heterocycles. The molecule has 32 heavy (non-hydrogen) atoms. The number of aromatic nitrogens is 2. The van der Waals surface area contributed by atoms with Crippen LogP contribution < -0.4 is 9.64 Å². The van der Waals surface area contributed by atoms with Gasteiger partial charge in [0.25, 0.3) is 5.78 Å². The summed E-state index contributed by atoms with van der Waals surface area (Å²) in [7, 11) is 0. The first kappa shape index (κ1) is 21.7. The number of carbonyl (C=O) groups excluding carboxylic acids is 2. The first-order valence-corrected chi connectivity index (χ1v) is 11.1. The summed E-state index contributed by atoms with van der Waals surface area (Å²) in [5.41, 5.74) is 2.13. The lowest BCUT2D eigenvalue weighted by Crippen LogP contribution is -2.29. The molecule has 4 rings (SSSR count). The Kier molecular flexibility index (Phi) is 6.05. The molecule has 0 spiro atoms. The van der Waals surface area contributed by atoms with Gasteiger partial charge in [0.05, 0.1) is 18.2 Å². The minimum Gasteiger partial charge on any atom is -0.507 e. The Morgan fingerprint density at radius 2 is 1.88 bits per heavy atom. The topological polar surface area (TPSA) is 92.6 Å². The van der Waals surface area contributed by atoms with E-state index in [2.05, 4.69) is 10.2 Å². The maximum Gasteiger partial charge on any atom is 0.301 e. The molecule has 0 aliphatic carbocycles. The van der Waals surface area contributed by atoms with Crippen LogP contribution in [0.5, 0.6) is 5.75 Å². The smallest absolute Gasteiger partial charge is 0.301 e. The van der Waals surface area contributed by atoms with Crippen LogP contribution in [0.15, 0.2) is 54.1 Å². The van der Waals surface area contributed by atoms with Crippen molar-refractivity contribution >= 4 is 33.9 Å². The van der Waals surface area contributed by atoms with Crippen molar-refractivity contribution in [2.75, 3.05) is 11.5 Å². The molecule has 0 radical (unpaired) electrons. The summed E-state index contributed by atoms with van der Waals surface area (Å²) in [5, 5.41) is 20.2. The van der Waals surface area contributed by atoms with Crippen molar-refractivity contribution in [3.8, 4) is 5.75 Å². The average Bonchev–Trinajstić information content (AvgIpc) is 3.33. The number of anilines is 1. The molecule has 1 fully saturated rings. The summed E-state index contributed by atoms with van der Waals surface area (Å²) in [6, 6.07) is 13.5. The third-order valence-corrected chi connectivity index (χ3v) is 5.98. The number of aryl methyl sites for hydroxylation is 2. The van der Waals surface area contributed by atoms with Crippen molar-refractivity contribution in [2.24, 2.45) is 0 Å². The largest absolute Gasteiger partial charge is 0.507 e. The van der Waals surface area contributed by atoms with Crippen molar-refractivity contribution in [3.63, 3.8) is 0 Å². The second-order valence-corrected chi connectivity index (χ2v) is 8.72. The van der Waals surface area contributed by atoms with E-state index in [1.54, 1.807) is 37.3 Å². The average molecular weight is 450 g/mol. The van der Waals surface area contributed by atoms with Crippen LogP contribution in [0.4, 0.5) is 5.13 Å². The van der Waals surface area contributed by atoms with Crippen molar-refractivity contribution in [2.45, 2.75) is 33.2 Å². The molecule has 8 heteroatoms. The lowest BCUT2D eigenvalue weighted by atomic mass is 9.95. The van der Waals surface area contributed by atoms with E-state index in [9.17, 15) is 14.7 Å². The highest BCUT2D eigenvalue weighted by molar-refractivity contribution is 7.15. The third kappa shape index (κ3) is 4.01. The quantitative estimate of drug-likeness (QED) is 0.337. The molecular weight excluding hydrogens is 426 g/mol. The first-order chi connectivity index (χ1) is 15.4. The van der Waals surface area contributed by atoms with Gasteiger partial charge in [-0.05, 0) is 38.0 Å². The molecule has 1 aliphatic rings. The van der Waals surface area contributed by atoms with Crippen molar-refractivity contribution in [3.05, 3.63) is 75.8 Å². The molecule has 2 aromatic carbocycles. The van der Waals surface area contributed by atoms with Crippen LogP contribution in [0.25, 0.3) is 5.76 Å². The Bertz CT molecular complexity index is 1200. The predicted molar refractivity (Wildman–Crippen MR) is 123 cm³/mol. The molecule has 3 aromatic rings. The zero-order chi connectivity index (χ0) is 22.8. The molecule has 1 aliphatic heterocycles. The molecule has 1 unspecified atom stereocenters. The number of Topliss-reactive ketones (excluding diaryl/α,β-unsaturated/α-hetero) is 1. The van der Waals surface area contributed by atoms with Gasteiger partial charge >= 0.3 is 5.91 Å². The Morgan fingerprint density at radius 1 is 1.12 bits per heavy atom. The zero-order valence-electron chi connectivity index (χ0n) is 18.0. The summed E-state index contributed by atoms with van der Waals surface area (Å²) in [4.78, 5) is 27.5. The summed E-state index contributed by atoms with van der Waals surface area (Å²) < 4.78 is 5.76. The van der Waals surface area contributed by atoms with E-state index in [1.165, 1.54) is 16.2 Å². The number of hydrogen-bond donors (Lipinski definition) is 1. The monoisotopic (exact) mass is 449 g/mol. The highest BCUT2D eigenvalue weighted by Crippen LogP contribution is 2.43. The third-order valence-electron chi connectivity index (χ3n) is 5.14. The second-order valence-electron chi connectivity index (χ2n) is 7.56. The van der Waals surface area contributed by atoms with Crippen LogP contribution in [0.3, 0.4) is 0 Å². The normalized spacial score (nSPS) is 17.7. The van der Waals surface area contributed by atoms with Gasteiger partial charge in [-0.15, -0.1) is 10.2 Å². The number of hydrogen-bond acceptors (Lipinski definition) is 7. The highest BCUT2D eigenvalue weighted by atomic mass is 32.1. The van der Waals surface area contributed by atoms with Gasteiger partial charge in [0.2, 0.25) is 5.13 Å². The van der Waals surface area contributed by atoms with Crippen molar-refractivity contribution in [1.29, 1.82) is 0 Å². The van der Waals surface area contributed by atoms with Gasteiger partial charge in [-0.3, -0.25) is 14.5 Å². The van der Waals surface area contributed by atoms with Crippen molar-refractivity contribution in [1.82, 2.24) is 10.2 Å². The van der Waals surface area contributed by atoms with E-state index in [0.29, 0.717) is 33.6 Å². The fraction of sp³-hybridized carbons (Fsp3) is 0.250. The SMILES string of the molecule is CCCOc1cccc(C2/C(=C(\O)c3ccc(C)cc3)C(=O)C(=O)N2c2nnc(C)s2)c1. The Balaban J connectivity index is 1.90. The number of benzene rings is 2. The van der Waals surface area contributed by atoms with E-state index in [-0.39, 0.29) is 11.3 Å². The minimum absolute atomic E-state index is 0.0133. The summed E-state index contributed by atoms with van der Waals surface area (Å²) in [6.45, 7) is 6.27. The molecule has 1 saturated heterocycles. The maximum atomic E-state index is 13.1. The lowest BCUT2D eigenvalue weighted by Gasteiger charge is -2.23. The van der Waals surface area contributed by atoms with Crippen LogP contribution in [0.1, 0.15) is 41.1 Å². The molecule has 1 aromatic heterocycles. The molecule has 1 amide bonds. The lowest BCUT2D eigenvalue weighted by molar-refractivity contribution is -0.132. The highest BCUT2D eigenvalue weighted by Gasteiger charge is 2.48. The minimum atomic E-state index is -0.853. The van der Waals surface area contributed by atoms with Gasteiger partial charge < -0.3 is 9.84 Å². The molecule has 0 saturated carbocycles. The summed E-state index contributed by atoms with van der Waals surface area (Å²) >= 11 is 1.21. The Hall–Kier alpha value is -3.52. The number of aliphatic hydroxyl groups is 1. The number of amides is 1. The fourth-order valence-electron chi connectivity index (χ4n) is 3.59. The van der Waals surface area contributed by atoms with Crippen LogP contribution in [0.2, 0.25) is 0 Å². The number of ether oxygens (including phenoxy) is 1. The maximum absolute atomic E-state index is 13.1. The molecule has 0 bridgehead atoms. The van der Waals surface area contributed by atoms with Gasteiger partial charge in [-0.2, -0.15) is 0 Å². The number of nitrogens with zero attached hydrogens (tertiary/aromatic N) is 3. The number of rotatable bonds is 6. The summed E-state index contributed by atoms with van der Waals surface area (Å²) in [6.07, 6.45) is 0.847. The molecule has 164 valence electrons. The van der Waals surface area contributed by atoms with Crippen LogP contribution >= 0.6 is 11.3 Å². The molecule has 1 atom stereocenters. The van der Waals surface area contributed by atoms with Gasteiger partial charge in [0, 0.05) is 5.56 Å². The van der Waals surface area contributed by atoms with Crippen LogP contribution in [0, 0.1) is 13.8 Å². The fourth-order valence-corrected chi connectivity index (χ4v) is 4.30. The van der Waals surface area contributed by atoms with E-state index in [4.69, 9.17) is 4.74 Å². The van der Waals surface area contributed by atoms with E-state index in [0.717, 1.165) is 12.0 Å². The predicted octanol–water partition coefficient (Wildman–Crippen LogP) is 4.57. The Labute approximate surface area is 190 Å². The summed E-state index contributed by atoms with van der Waals surface area (Å²) in [5.74, 6) is -1.11. The van der Waals surface area contributed by atoms with Crippen LogP contribution in [-0.2, 0) is 9.59 Å². The van der Waals surface area contributed by atoms with Gasteiger partial charge in [-0.1, -0.05) is 60.2 Å². The van der Waals surface area contributed by atoms with Gasteiger partial charge in [-0.25, -0.2) is 0 Å². The molecule has 1 N–H and O–H groups in total. The number of ketones is 1. The van der Waals surface area contributed by atoms with E-state index in [1.807, 2.05) is 32.0 Å². The molecular formula is C24H23N3O4S. The second kappa shape index (κ2) is 8.92. The van der Waals surface area contributed by atoms with Crippen LogP contribution in [-0.4, -0.2) is 33.6 Å².